The maximum atomic E-state index is 11.9. The zero-order valence-electron chi connectivity index (χ0n) is 15.1. The molecule has 0 aliphatic heterocycles. The predicted molar refractivity (Wildman–Crippen MR) is 93.2 cm³/mol. The lowest BCUT2D eigenvalue weighted by molar-refractivity contribution is -0.121. The number of hydrogen-bond acceptors (Lipinski definition) is 4. The fraction of sp³-hybridized carbons (Fsp3) is 0.556. The van der Waals surface area contributed by atoms with Gasteiger partial charge in [-0.25, -0.2) is 4.79 Å². The second-order valence-electron chi connectivity index (χ2n) is 6.70. The Hall–Kier alpha value is -2.24. The third-order valence-electron chi connectivity index (χ3n) is 3.10. The highest BCUT2D eigenvalue weighted by Crippen LogP contribution is 2.14. The Morgan fingerprint density at radius 2 is 1.96 bits per heavy atom. The molecule has 134 valence electrons. The van der Waals surface area contributed by atoms with Crippen LogP contribution in [0.3, 0.4) is 0 Å². The van der Waals surface area contributed by atoms with Crippen LogP contribution in [-0.4, -0.2) is 37.3 Å². The van der Waals surface area contributed by atoms with Gasteiger partial charge in [0.1, 0.15) is 11.4 Å². The summed E-state index contributed by atoms with van der Waals surface area (Å²) in [6.45, 7) is 7.56. The molecule has 0 spiro atoms. The first-order valence-corrected chi connectivity index (χ1v) is 8.09. The van der Waals surface area contributed by atoms with Crippen LogP contribution in [-0.2, 0) is 16.0 Å². The third kappa shape index (κ3) is 8.41. The number of benzene rings is 1. The van der Waals surface area contributed by atoms with Crippen molar-refractivity contribution < 1.29 is 19.1 Å². The molecule has 0 saturated carbocycles. The lowest BCUT2D eigenvalue weighted by Crippen LogP contribution is -2.38. The van der Waals surface area contributed by atoms with E-state index in [2.05, 4.69) is 10.6 Å². The van der Waals surface area contributed by atoms with Crippen LogP contribution in [0.5, 0.6) is 5.75 Å². The van der Waals surface area contributed by atoms with Crippen molar-refractivity contribution >= 4 is 12.0 Å². The van der Waals surface area contributed by atoms with Gasteiger partial charge in [-0.1, -0.05) is 12.1 Å². The second kappa shape index (κ2) is 9.15. The number of carbonyl (C=O) groups is 2. The van der Waals surface area contributed by atoms with Crippen LogP contribution in [0.1, 0.15) is 39.7 Å². The van der Waals surface area contributed by atoms with Gasteiger partial charge in [0.05, 0.1) is 7.11 Å². The highest BCUT2D eigenvalue weighted by atomic mass is 16.6. The zero-order valence-corrected chi connectivity index (χ0v) is 15.1. The van der Waals surface area contributed by atoms with Gasteiger partial charge in [-0.15, -0.1) is 0 Å². The quantitative estimate of drug-likeness (QED) is 0.802. The Labute approximate surface area is 143 Å². The van der Waals surface area contributed by atoms with Gasteiger partial charge in [-0.05, 0) is 51.8 Å². The predicted octanol–water partition coefficient (Wildman–Crippen LogP) is 2.66. The molecule has 0 saturated heterocycles. The number of amides is 2. The van der Waals surface area contributed by atoms with Crippen molar-refractivity contribution in [3.8, 4) is 5.75 Å². The Morgan fingerprint density at radius 1 is 1.25 bits per heavy atom. The van der Waals surface area contributed by atoms with E-state index in [-0.39, 0.29) is 24.9 Å². The van der Waals surface area contributed by atoms with E-state index >= 15 is 0 Å². The number of nitrogens with one attached hydrogen (secondary N) is 2. The standard InChI is InChI=1S/C18H28N2O4/c1-13(11-14-7-6-8-15(12-14)23-5)20-16(21)9-10-19-17(22)24-18(2,3)4/h6-8,12-13H,9-11H2,1-5H3,(H,19,22)(H,20,21). The van der Waals surface area contributed by atoms with Gasteiger partial charge < -0.3 is 20.1 Å². The molecule has 24 heavy (non-hydrogen) atoms. The molecule has 1 aromatic rings. The summed E-state index contributed by atoms with van der Waals surface area (Å²) in [5, 5.41) is 5.49. The van der Waals surface area contributed by atoms with Crippen molar-refractivity contribution in [2.75, 3.05) is 13.7 Å². The van der Waals surface area contributed by atoms with Crippen LogP contribution in [0.25, 0.3) is 0 Å². The van der Waals surface area contributed by atoms with Crippen LogP contribution in [0.4, 0.5) is 4.79 Å². The summed E-state index contributed by atoms with van der Waals surface area (Å²) in [5.74, 6) is 0.689. The average Bonchev–Trinajstić information content (AvgIpc) is 2.45. The minimum Gasteiger partial charge on any atom is -0.497 e. The molecule has 2 amide bonds. The van der Waals surface area contributed by atoms with Crippen LogP contribution < -0.4 is 15.4 Å². The van der Waals surface area contributed by atoms with E-state index in [0.717, 1.165) is 11.3 Å². The number of carbonyl (C=O) groups excluding carboxylic acids is 2. The first-order valence-electron chi connectivity index (χ1n) is 8.09. The van der Waals surface area contributed by atoms with E-state index in [1.54, 1.807) is 27.9 Å². The molecule has 0 aliphatic rings. The zero-order chi connectivity index (χ0) is 18.2. The molecule has 2 N–H and O–H groups in total. The second-order valence-corrected chi connectivity index (χ2v) is 6.70. The molecule has 1 aromatic carbocycles. The van der Waals surface area contributed by atoms with Gasteiger partial charge in [-0.2, -0.15) is 0 Å². The molecule has 0 fully saturated rings. The SMILES string of the molecule is COc1cccc(CC(C)NC(=O)CCNC(=O)OC(C)(C)C)c1. The lowest BCUT2D eigenvalue weighted by Gasteiger charge is -2.19. The molecule has 0 aliphatic carbocycles. The van der Waals surface area contributed by atoms with Crippen molar-refractivity contribution in [2.24, 2.45) is 0 Å². The maximum Gasteiger partial charge on any atom is 0.407 e. The minimum absolute atomic E-state index is 0.00821. The summed E-state index contributed by atoms with van der Waals surface area (Å²) in [6.07, 6.45) is 0.407. The largest absolute Gasteiger partial charge is 0.497 e. The van der Waals surface area contributed by atoms with Gasteiger partial charge >= 0.3 is 6.09 Å². The van der Waals surface area contributed by atoms with Crippen molar-refractivity contribution in [3.05, 3.63) is 29.8 Å². The Kier molecular flexibility index (Phi) is 7.55. The Bertz CT molecular complexity index is 552. The molecule has 0 radical (unpaired) electrons. The third-order valence-corrected chi connectivity index (χ3v) is 3.10. The van der Waals surface area contributed by atoms with E-state index in [9.17, 15) is 9.59 Å². The van der Waals surface area contributed by atoms with Crippen LogP contribution in [0, 0.1) is 0 Å². The molecule has 0 bridgehead atoms. The van der Waals surface area contributed by atoms with E-state index < -0.39 is 11.7 Å². The van der Waals surface area contributed by atoms with Crippen LogP contribution in [0.2, 0.25) is 0 Å². The van der Waals surface area contributed by atoms with E-state index in [0.29, 0.717) is 6.42 Å². The monoisotopic (exact) mass is 336 g/mol. The van der Waals surface area contributed by atoms with Crippen LogP contribution >= 0.6 is 0 Å². The van der Waals surface area contributed by atoms with E-state index in [1.807, 2.05) is 31.2 Å². The minimum atomic E-state index is -0.544. The van der Waals surface area contributed by atoms with E-state index in [4.69, 9.17) is 9.47 Å². The first-order chi connectivity index (χ1) is 11.2. The summed E-state index contributed by atoms with van der Waals surface area (Å²) in [7, 11) is 1.63. The number of rotatable bonds is 7. The van der Waals surface area contributed by atoms with Crippen molar-refractivity contribution in [2.45, 2.75) is 52.2 Å². The lowest BCUT2D eigenvalue weighted by atomic mass is 10.1. The molecule has 1 rings (SSSR count). The van der Waals surface area contributed by atoms with Gasteiger partial charge in [0.25, 0.3) is 0 Å². The van der Waals surface area contributed by atoms with Gasteiger partial charge in [0.15, 0.2) is 0 Å². The Morgan fingerprint density at radius 3 is 2.58 bits per heavy atom. The fourth-order valence-corrected chi connectivity index (χ4v) is 2.14. The summed E-state index contributed by atoms with van der Waals surface area (Å²) >= 11 is 0. The van der Waals surface area contributed by atoms with Gasteiger partial charge in [0.2, 0.25) is 5.91 Å². The number of ether oxygens (including phenoxy) is 2. The fourth-order valence-electron chi connectivity index (χ4n) is 2.14. The van der Waals surface area contributed by atoms with Crippen molar-refractivity contribution in [3.63, 3.8) is 0 Å². The summed E-state index contributed by atoms with van der Waals surface area (Å²) in [5.41, 5.74) is 0.548. The highest BCUT2D eigenvalue weighted by Gasteiger charge is 2.16. The number of methoxy groups -OCH3 is 1. The Balaban J connectivity index is 2.30. The summed E-state index contributed by atoms with van der Waals surface area (Å²) < 4.78 is 10.3. The molecule has 6 nitrogen and oxygen atoms in total. The molecule has 6 heteroatoms. The molecule has 1 unspecified atom stereocenters. The molecule has 0 heterocycles. The van der Waals surface area contributed by atoms with Crippen LogP contribution in [0.15, 0.2) is 24.3 Å². The first kappa shape index (κ1) is 19.8. The van der Waals surface area contributed by atoms with Crippen molar-refractivity contribution in [1.29, 1.82) is 0 Å². The average molecular weight is 336 g/mol. The molecular formula is C18H28N2O4. The van der Waals surface area contributed by atoms with Gasteiger partial charge in [-0.3, -0.25) is 4.79 Å². The molecule has 1 atom stereocenters. The smallest absolute Gasteiger partial charge is 0.407 e. The number of alkyl carbamates (subject to hydrolysis) is 1. The topological polar surface area (TPSA) is 76.7 Å². The number of hydrogen-bond donors (Lipinski definition) is 2. The normalized spacial score (nSPS) is 12.2. The maximum absolute atomic E-state index is 11.9. The summed E-state index contributed by atoms with van der Waals surface area (Å²) in [6, 6.07) is 7.75. The molecule has 0 aromatic heterocycles. The highest BCUT2D eigenvalue weighted by molar-refractivity contribution is 5.77. The van der Waals surface area contributed by atoms with Crippen molar-refractivity contribution in [1.82, 2.24) is 10.6 Å². The molecular weight excluding hydrogens is 308 g/mol. The van der Waals surface area contributed by atoms with E-state index in [1.165, 1.54) is 0 Å². The summed E-state index contributed by atoms with van der Waals surface area (Å²) in [4.78, 5) is 23.4. The van der Waals surface area contributed by atoms with Gasteiger partial charge in [0, 0.05) is 19.0 Å².